The maximum atomic E-state index is 2.61. The Hall–Kier alpha value is 0. The summed E-state index contributed by atoms with van der Waals surface area (Å²) in [7, 11) is 0. The van der Waals surface area contributed by atoms with Gasteiger partial charge in [0.05, 0.1) is 0 Å². The Morgan fingerprint density at radius 3 is 1.83 bits per heavy atom. The fraction of sp³-hybridized carbons (Fsp3) is 1.00. The molecule has 2 fully saturated rings. The number of hydrogen-bond donors (Lipinski definition) is 0. The van der Waals surface area contributed by atoms with Gasteiger partial charge in [-0.3, -0.25) is 0 Å². The Morgan fingerprint density at radius 2 is 1.39 bits per heavy atom. The minimum Gasteiger partial charge on any atom is -0.0620 e. The molecule has 0 heterocycles. The monoisotopic (exact) mass is 250 g/mol. The van der Waals surface area contributed by atoms with Gasteiger partial charge in [-0.15, -0.1) is 0 Å². The van der Waals surface area contributed by atoms with Crippen LogP contribution in [0, 0.1) is 39.4 Å². The summed E-state index contributed by atoms with van der Waals surface area (Å²) >= 11 is 0. The highest BCUT2D eigenvalue weighted by molar-refractivity contribution is 5.19. The molecule has 0 aromatic carbocycles. The van der Waals surface area contributed by atoms with E-state index in [2.05, 4.69) is 62.3 Å². The minimum atomic E-state index is 0.372. The van der Waals surface area contributed by atoms with Crippen LogP contribution in [0.25, 0.3) is 0 Å². The molecule has 0 bridgehead atoms. The molecule has 2 rings (SSSR count). The summed E-state index contributed by atoms with van der Waals surface area (Å²) in [6, 6.07) is 0. The van der Waals surface area contributed by atoms with Gasteiger partial charge in [0.25, 0.3) is 0 Å². The van der Waals surface area contributed by atoms with Crippen LogP contribution < -0.4 is 0 Å². The van der Waals surface area contributed by atoms with E-state index in [0.29, 0.717) is 21.7 Å². The molecule has 0 radical (unpaired) electrons. The predicted molar refractivity (Wildman–Crippen MR) is 80.5 cm³/mol. The van der Waals surface area contributed by atoms with Gasteiger partial charge in [-0.25, -0.2) is 0 Å². The van der Waals surface area contributed by atoms with E-state index in [1.54, 1.807) is 0 Å². The van der Waals surface area contributed by atoms with E-state index in [9.17, 15) is 0 Å². The third-order valence-electron chi connectivity index (χ3n) is 7.85. The molecule has 18 heavy (non-hydrogen) atoms. The molecule has 0 spiro atoms. The second-order valence-corrected chi connectivity index (χ2v) is 9.54. The number of fused-ring (bicyclic) bond motifs is 1. The van der Waals surface area contributed by atoms with Gasteiger partial charge in [0.1, 0.15) is 0 Å². The van der Waals surface area contributed by atoms with Crippen molar-refractivity contribution < 1.29 is 0 Å². The summed E-state index contributed by atoms with van der Waals surface area (Å²) in [5.41, 5.74) is 1.83. The van der Waals surface area contributed by atoms with E-state index in [4.69, 9.17) is 0 Å². The van der Waals surface area contributed by atoms with Gasteiger partial charge in [0.2, 0.25) is 0 Å². The van der Waals surface area contributed by atoms with E-state index < -0.39 is 0 Å². The first kappa shape index (κ1) is 14.4. The lowest BCUT2D eigenvalue weighted by Crippen LogP contribution is -2.51. The smallest absolute Gasteiger partial charge is 0.0208 e. The largest absolute Gasteiger partial charge is 0.0620 e. The van der Waals surface area contributed by atoms with Gasteiger partial charge in [-0.05, 0) is 52.3 Å². The third kappa shape index (κ3) is 1.50. The molecular weight excluding hydrogens is 216 g/mol. The summed E-state index contributed by atoms with van der Waals surface area (Å²) < 4.78 is 0. The number of rotatable bonds is 1. The highest BCUT2D eigenvalue weighted by Crippen LogP contribution is 2.77. The van der Waals surface area contributed by atoms with Crippen molar-refractivity contribution in [3.63, 3.8) is 0 Å². The van der Waals surface area contributed by atoms with Gasteiger partial charge in [0.15, 0.2) is 0 Å². The van der Waals surface area contributed by atoms with Gasteiger partial charge < -0.3 is 0 Å². The van der Waals surface area contributed by atoms with Crippen LogP contribution in [0.1, 0.15) is 75.2 Å². The molecule has 0 aromatic rings. The molecule has 0 nitrogen and oxygen atoms in total. The van der Waals surface area contributed by atoms with Gasteiger partial charge in [-0.2, -0.15) is 0 Å². The normalized spacial score (nSPS) is 43.5. The van der Waals surface area contributed by atoms with Crippen LogP contribution in [-0.2, 0) is 0 Å². The number of hydrogen-bond acceptors (Lipinski definition) is 0. The summed E-state index contributed by atoms with van der Waals surface area (Å²) in [6.45, 7) is 22.5. The molecule has 0 N–H and O–H groups in total. The average molecular weight is 250 g/mol. The fourth-order valence-electron chi connectivity index (χ4n) is 5.32. The van der Waals surface area contributed by atoms with Gasteiger partial charge >= 0.3 is 0 Å². The zero-order valence-corrected chi connectivity index (χ0v) is 14.1. The molecule has 4 unspecified atom stereocenters. The molecule has 2 aliphatic rings. The molecule has 106 valence electrons. The van der Waals surface area contributed by atoms with Crippen molar-refractivity contribution in [2.45, 2.75) is 75.2 Å². The summed E-state index contributed by atoms with van der Waals surface area (Å²) in [5, 5.41) is 0. The zero-order chi connectivity index (χ0) is 14.1. The second-order valence-electron chi connectivity index (χ2n) is 9.54. The van der Waals surface area contributed by atoms with Crippen LogP contribution in [0.15, 0.2) is 0 Å². The van der Waals surface area contributed by atoms with Crippen molar-refractivity contribution in [1.82, 2.24) is 0 Å². The molecule has 0 saturated heterocycles. The second kappa shape index (κ2) is 3.55. The highest BCUT2D eigenvalue weighted by atomic mass is 14.8. The van der Waals surface area contributed by atoms with E-state index in [1.807, 2.05) is 0 Å². The maximum Gasteiger partial charge on any atom is -0.0208 e. The topological polar surface area (TPSA) is 0 Å². The lowest BCUT2D eigenvalue weighted by Gasteiger charge is -2.58. The van der Waals surface area contributed by atoms with E-state index in [1.165, 1.54) is 12.8 Å². The van der Waals surface area contributed by atoms with Crippen molar-refractivity contribution in [3.05, 3.63) is 0 Å². The Kier molecular flexibility index (Phi) is 2.84. The van der Waals surface area contributed by atoms with Crippen LogP contribution in [0.2, 0.25) is 0 Å². The standard InChI is InChI=1S/C18H34/c1-12-10-11-13-14(16(13,5)6)18(12,9)17(7,8)15(2,3)4/h12-14H,10-11H2,1-9H3. The first-order valence-electron chi connectivity index (χ1n) is 7.88. The van der Waals surface area contributed by atoms with Crippen molar-refractivity contribution in [3.8, 4) is 0 Å². The predicted octanol–water partition coefficient (Wildman–Crippen LogP) is 5.77. The van der Waals surface area contributed by atoms with Crippen LogP contribution in [0.3, 0.4) is 0 Å². The summed E-state index contributed by atoms with van der Waals surface area (Å²) in [5.74, 6) is 2.78. The van der Waals surface area contributed by atoms with Crippen molar-refractivity contribution >= 4 is 0 Å². The first-order chi connectivity index (χ1) is 7.88. The molecule has 0 heteroatoms. The lowest BCUT2D eigenvalue weighted by atomic mass is 9.47. The van der Waals surface area contributed by atoms with Crippen LogP contribution in [0.4, 0.5) is 0 Å². The van der Waals surface area contributed by atoms with Crippen molar-refractivity contribution in [2.24, 2.45) is 39.4 Å². The molecule has 0 aromatic heterocycles. The van der Waals surface area contributed by atoms with Gasteiger partial charge in [-0.1, -0.05) is 62.3 Å². The Balaban J connectivity index is 2.45. The van der Waals surface area contributed by atoms with Crippen LogP contribution in [0.5, 0.6) is 0 Å². The van der Waals surface area contributed by atoms with Crippen LogP contribution in [-0.4, -0.2) is 0 Å². The van der Waals surface area contributed by atoms with E-state index >= 15 is 0 Å². The summed E-state index contributed by atoms with van der Waals surface area (Å²) in [6.07, 6.45) is 2.90. The Labute approximate surface area is 115 Å². The Bertz CT molecular complexity index is 342. The van der Waals surface area contributed by atoms with Crippen molar-refractivity contribution in [2.75, 3.05) is 0 Å². The third-order valence-corrected chi connectivity index (χ3v) is 7.85. The first-order valence-corrected chi connectivity index (χ1v) is 7.88. The molecule has 0 amide bonds. The van der Waals surface area contributed by atoms with E-state index in [-0.39, 0.29) is 0 Å². The van der Waals surface area contributed by atoms with Crippen molar-refractivity contribution in [1.29, 1.82) is 0 Å². The maximum absolute atomic E-state index is 2.61. The quantitative estimate of drug-likeness (QED) is 0.554. The lowest BCUT2D eigenvalue weighted by molar-refractivity contribution is -0.0945. The average Bonchev–Trinajstić information content (AvgIpc) is 2.74. The SMILES string of the molecule is CC1CCC2C(C2(C)C)C1(C)C(C)(C)C(C)(C)C. The van der Waals surface area contributed by atoms with E-state index in [0.717, 1.165) is 17.8 Å². The molecule has 2 aliphatic carbocycles. The highest BCUT2D eigenvalue weighted by Gasteiger charge is 2.71. The van der Waals surface area contributed by atoms with Gasteiger partial charge in [0, 0.05) is 0 Å². The van der Waals surface area contributed by atoms with Crippen LogP contribution >= 0.6 is 0 Å². The molecule has 4 atom stereocenters. The minimum absolute atomic E-state index is 0.372. The summed E-state index contributed by atoms with van der Waals surface area (Å²) in [4.78, 5) is 0. The zero-order valence-electron chi connectivity index (χ0n) is 14.1. The fourth-order valence-corrected chi connectivity index (χ4v) is 5.32. The molecule has 2 saturated carbocycles. The Morgan fingerprint density at radius 1 is 0.889 bits per heavy atom. The molecule has 0 aliphatic heterocycles. The molecular formula is C18H34.